The maximum absolute atomic E-state index is 12.2. The molecule has 2 aromatic rings. The van der Waals surface area contributed by atoms with Gasteiger partial charge in [0.05, 0.1) is 12.7 Å². The predicted molar refractivity (Wildman–Crippen MR) is 72.6 cm³/mol. The van der Waals surface area contributed by atoms with Crippen molar-refractivity contribution in [3.8, 4) is 17.2 Å². The maximum Gasteiger partial charge on any atom is 0.171 e. The van der Waals surface area contributed by atoms with Crippen molar-refractivity contribution < 1.29 is 14.3 Å². The molecule has 0 bridgehead atoms. The zero-order valence-corrected chi connectivity index (χ0v) is 11.0. The van der Waals surface area contributed by atoms with E-state index in [0.717, 1.165) is 5.56 Å². The third-order valence-corrected chi connectivity index (χ3v) is 3.32. The van der Waals surface area contributed by atoms with Crippen molar-refractivity contribution in [1.82, 2.24) is 0 Å². The van der Waals surface area contributed by atoms with E-state index in [9.17, 15) is 4.79 Å². The fraction of sp³-hybridized carbons (Fsp3) is 0.133. The van der Waals surface area contributed by atoms with Gasteiger partial charge in [-0.1, -0.05) is 11.6 Å². The standard InChI is InChI=1S/C15H11ClO3/c1-18-11-3-5-14-9(6-11)7-13(17)12-4-2-10(16)8-15(12)19-14/h2-6,8H,7H2,1H3. The Morgan fingerprint density at radius 2 is 2.00 bits per heavy atom. The van der Waals surface area contributed by atoms with E-state index in [4.69, 9.17) is 21.1 Å². The van der Waals surface area contributed by atoms with Crippen LogP contribution in [0, 0.1) is 0 Å². The minimum Gasteiger partial charge on any atom is -0.497 e. The molecule has 0 radical (unpaired) electrons. The number of Topliss-reactive ketones (excluding diaryl/α,β-unsaturated/α-hetero) is 1. The number of hydrogen-bond donors (Lipinski definition) is 0. The van der Waals surface area contributed by atoms with E-state index >= 15 is 0 Å². The first-order valence-corrected chi connectivity index (χ1v) is 6.22. The molecular formula is C15H11ClO3. The summed E-state index contributed by atoms with van der Waals surface area (Å²) in [5.41, 5.74) is 1.37. The lowest BCUT2D eigenvalue weighted by Crippen LogP contribution is -2.01. The van der Waals surface area contributed by atoms with Crippen LogP contribution < -0.4 is 9.47 Å². The van der Waals surface area contributed by atoms with Gasteiger partial charge in [-0.2, -0.15) is 0 Å². The van der Waals surface area contributed by atoms with Crippen LogP contribution in [-0.4, -0.2) is 12.9 Å². The monoisotopic (exact) mass is 274 g/mol. The first-order valence-electron chi connectivity index (χ1n) is 5.85. The molecule has 2 aromatic carbocycles. The van der Waals surface area contributed by atoms with E-state index in [2.05, 4.69) is 0 Å². The highest BCUT2D eigenvalue weighted by Crippen LogP contribution is 2.36. The summed E-state index contributed by atoms with van der Waals surface area (Å²) >= 11 is 5.94. The third kappa shape index (κ3) is 2.17. The first-order chi connectivity index (χ1) is 9.17. The minimum absolute atomic E-state index is 0.0127. The molecule has 0 atom stereocenters. The van der Waals surface area contributed by atoms with Gasteiger partial charge >= 0.3 is 0 Å². The van der Waals surface area contributed by atoms with Crippen molar-refractivity contribution in [3.05, 3.63) is 52.5 Å². The van der Waals surface area contributed by atoms with Gasteiger partial charge in [-0.15, -0.1) is 0 Å². The highest BCUT2D eigenvalue weighted by Gasteiger charge is 2.21. The summed E-state index contributed by atoms with van der Waals surface area (Å²) in [5.74, 6) is 1.88. The van der Waals surface area contributed by atoms with E-state index in [0.29, 0.717) is 34.3 Å². The van der Waals surface area contributed by atoms with Gasteiger partial charge in [0, 0.05) is 23.1 Å². The van der Waals surface area contributed by atoms with Crippen molar-refractivity contribution in [2.24, 2.45) is 0 Å². The van der Waals surface area contributed by atoms with Gasteiger partial charge in [-0.05, 0) is 30.3 Å². The summed E-state index contributed by atoms with van der Waals surface area (Å²) in [4.78, 5) is 12.2. The second kappa shape index (κ2) is 4.59. The van der Waals surface area contributed by atoms with Crippen LogP contribution in [0.25, 0.3) is 0 Å². The molecule has 96 valence electrons. The molecule has 0 aliphatic carbocycles. The molecule has 3 nitrogen and oxygen atoms in total. The van der Waals surface area contributed by atoms with Gasteiger partial charge in [-0.3, -0.25) is 4.79 Å². The van der Waals surface area contributed by atoms with Crippen LogP contribution >= 0.6 is 11.6 Å². The number of benzene rings is 2. The van der Waals surface area contributed by atoms with Crippen LogP contribution in [0.1, 0.15) is 15.9 Å². The van der Waals surface area contributed by atoms with Crippen LogP contribution in [0.4, 0.5) is 0 Å². The summed E-state index contributed by atoms with van der Waals surface area (Å²) < 4.78 is 11.0. The van der Waals surface area contributed by atoms with Gasteiger partial charge in [0.1, 0.15) is 17.2 Å². The van der Waals surface area contributed by atoms with Gasteiger partial charge in [0.15, 0.2) is 5.78 Å². The van der Waals surface area contributed by atoms with Crippen LogP contribution in [0.5, 0.6) is 17.2 Å². The zero-order valence-electron chi connectivity index (χ0n) is 10.3. The van der Waals surface area contributed by atoms with Crippen molar-refractivity contribution in [2.75, 3.05) is 7.11 Å². The molecule has 1 heterocycles. The Hall–Kier alpha value is -2.00. The van der Waals surface area contributed by atoms with Crippen molar-refractivity contribution in [3.63, 3.8) is 0 Å². The SMILES string of the molecule is COc1ccc2c(c1)CC(=O)c1ccc(Cl)cc1O2. The molecule has 1 aliphatic rings. The Labute approximate surface area is 115 Å². The van der Waals surface area contributed by atoms with E-state index in [-0.39, 0.29) is 5.78 Å². The Morgan fingerprint density at radius 3 is 2.79 bits per heavy atom. The molecular weight excluding hydrogens is 264 g/mol. The van der Waals surface area contributed by atoms with Crippen molar-refractivity contribution in [1.29, 1.82) is 0 Å². The number of carbonyl (C=O) groups excluding carboxylic acids is 1. The topological polar surface area (TPSA) is 35.5 Å². The van der Waals surface area contributed by atoms with Crippen LogP contribution in [-0.2, 0) is 6.42 Å². The molecule has 0 saturated heterocycles. The van der Waals surface area contributed by atoms with Gasteiger partial charge < -0.3 is 9.47 Å². The smallest absolute Gasteiger partial charge is 0.171 e. The summed E-state index contributed by atoms with van der Waals surface area (Å²) in [5, 5.41) is 0.545. The number of rotatable bonds is 1. The maximum atomic E-state index is 12.2. The zero-order chi connectivity index (χ0) is 13.4. The number of ketones is 1. The number of methoxy groups -OCH3 is 1. The summed E-state index contributed by atoms with van der Waals surface area (Å²) in [6.07, 6.45) is 0.293. The average Bonchev–Trinajstić information content (AvgIpc) is 2.53. The van der Waals surface area contributed by atoms with Crippen LogP contribution in [0.15, 0.2) is 36.4 Å². The van der Waals surface area contributed by atoms with E-state index < -0.39 is 0 Å². The molecule has 4 heteroatoms. The Kier molecular flexibility index (Phi) is 2.91. The lowest BCUT2D eigenvalue weighted by molar-refractivity contribution is 0.0993. The minimum atomic E-state index is 0.0127. The number of ether oxygens (including phenoxy) is 2. The highest BCUT2D eigenvalue weighted by atomic mass is 35.5. The number of fused-ring (bicyclic) bond motifs is 2. The largest absolute Gasteiger partial charge is 0.497 e. The highest BCUT2D eigenvalue weighted by molar-refractivity contribution is 6.30. The van der Waals surface area contributed by atoms with E-state index in [1.54, 1.807) is 37.4 Å². The molecule has 0 fully saturated rings. The summed E-state index contributed by atoms with van der Waals surface area (Å²) in [7, 11) is 1.59. The number of carbonyl (C=O) groups is 1. The van der Waals surface area contributed by atoms with Crippen LogP contribution in [0.3, 0.4) is 0 Å². The summed E-state index contributed by atoms with van der Waals surface area (Å²) in [6, 6.07) is 10.5. The van der Waals surface area contributed by atoms with Gasteiger partial charge in [-0.25, -0.2) is 0 Å². The molecule has 0 N–H and O–H groups in total. The molecule has 0 amide bonds. The molecule has 0 unspecified atom stereocenters. The first kappa shape index (κ1) is 12.1. The van der Waals surface area contributed by atoms with Crippen molar-refractivity contribution >= 4 is 17.4 Å². The Morgan fingerprint density at radius 1 is 1.16 bits per heavy atom. The van der Waals surface area contributed by atoms with Gasteiger partial charge in [0.25, 0.3) is 0 Å². The lowest BCUT2D eigenvalue weighted by Gasteiger charge is -2.09. The van der Waals surface area contributed by atoms with Gasteiger partial charge in [0.2, 0.25) is 0 Å². The molecule has 19 heavy (non-hydrogen) atoms. The molecule has 0 aromatic heterocycles. The Bertz CT molecular complexity index is 664. The second-order valence-corrected chi connectivity index (χ2v) is 4.75. The number of hydrogen-bond acceptors (Lipinski definition) is 3. The fourth-order valence-electron chi connectivity index (χ4n) is 2.12. The fourth-order valence-corrected chi connectivity index (χ4v) is 2.28. The lowest BCUT2D eigenvalue weighted by atomic mass is 10.0. The molecule has 0 spiro atoms. The third-order valence-electron chi connectivity index (χ3n) is 3.08. The molecule has 1 aliphatic heterocycles. The quantitative estimate of drug-likeness (QED) is 0.792. The average molecular weight is 275 g/mol. The van der Waals surface area contributed by atoms with Crippen molar-refractivity contribution in [2.45, 2.75) is 6.42 Å². The number of halogens is 1. The molecule has 3 rings (SSSR count). The van der Waals surface area contributed by atoms with E-state index in [1.165, 1.54) is 0 Å². The van der Waals surface area contributed by atoms with Crippen LogP contribution in [0.2, 0.25) is 5.02 Å². The predicted octanol–water partition coefficient (Wildman–Crippen LogP) is 3.88. The molecule has 0 saturated carbocycles. The summed E-state index contributed by atoms with van der Waals surface area (Å²) in [6.45, 7) is 0. The second-order valence-electron chi connectivity index (χ2n) is 4.32. The Balaban J connectivity index is 2.12. The normalized spacial score (nSPS) is 13.1. The van der Waals surface area contributed by atoms with E-state index in [1.807, 2.05) is 6.07 Å².